The Morgan fingerprint density at radius 2 is 2.06 bits per heavy atom. The molecule has 0 spiro atoms. The minimum Gasteiger partial charge on any atom is -0.481 e. The van der Waals surface area contributed by atoms with Gasteiger partial charge < -0.3 is 30.5 Å². The first-order valence-corrected chi connectivity index (χ1v) is 10.7. The SMILES string of the molecule is COc1ccc2ccc(N3CCO[C@H]([C@@H](O)C(=O)Nc4ccc5c(c4)CN=C5N)C3=O)cc2n1.Cl. The summed E-state index contributed by atoms with van der Waals surface area (Å²) in [5.74, 6) is -0.330. The molecule has 0 bridgehead atoms. The van der Waals surface area contributed by atoms with Crippen molar-refractivity contribution in [2.75, 3.05) is 30.5 Å². The fourth-order valence-corrected chi connectivity index (χ4v) is 4.12. The number of benzene rings is 2. The molecule has 0 radical (unpaired) electrons. The molecule has 5 rings (SSSR count). The van der Waals surface area contributed by atoms with E-state index in [4.69, 9.17) is 15.2 Å². The second kappa shape index (κ2) is 9.87. The molecule has 3 aromatic rings. The molecule has 4 N–H and O–H groups in total. The van der Waals surface area contributed by atoms with Crippen LogP contribution in [0.2, 0.25) is 0 Å². The molecule has 35 heavy (non-hydrogen) atoms. The van der Waals surface area contributed by atoms with E-state index < -0.39 is 24.0 Å². The van der Waals surface area contributed by atoms with Crippen molar-refractivity contribution in [2.45, 2.75) is 18.8 Å². The predicted molar refractivity (Wildman–Crippen MR) is 133 cm³/mol. The van der Waals surface area contributed by atoms with Gasteiger partial charge in [0, 0.05) is 34.9 Å². The van der Waals surface area contributed by atoms with Crippen molar-refractivity contribution in [3.05, 3.63) is 59.7 Å². The van der Waals surface area contributed by atoms with Gasteiger partial charge in [0.2, 0.25) is 5.88 Å². The number of hydrogen-bond donors (Lipinski definition) is 3. The molecule has 182 valence electrons. The second-order valence-corrected chi connectivity index (χ2v) is 8.02. The zero-order valence-corrected chi connectivity index (χ0v) is 19.6. The van der Waals surface area contributed by atoms with E-state index >= 15 is 0 Å². The number of anilines is 2. The number of aromatic nitrogens is 1. The maximum atomic E-state index is 13.2. The summed E-state index contributed by atoms with van der Waals surface area (Å²) in [4.78, 5) is 35.9. The standard InChI is InChI=1S/C24H23N5O5.ClH/c1-33-19-7-3-13-2-5-16(11-18(13)28-19)29-8-9-34-21(24(29)32)20(30)23(31)27-15-4-6-17-14(10-15)12-26-22(17)25;/h2-7,10-11,20-21,30H,8-9,12H2,1H3,(H2,25,26)(H,27,31);1H/t20-,21-;/m1./s1. The van der Waals surface area contributed by atoms with Crippen molar-refractivity contribution in [2.24, 2.45) is 10.7 Å². The Balaban J connectivity index is 0.00000289. The minimum absolute atomic E-state index is 0. The number of carbonyl (C=O) groups excluding carboxylic acids is 2. The van der Waals surface area contributed by atoms with Gasteiger partial charge in [-0.15, -0.1) is 12.4 Å². The lowest BCUT2D eigenvalue weighted by Crippen LogP contribution is -2.55. The summed E-state index contributed by atoms with van der Waals surface area (Å²) in [6.45, 7) is 0.879. The zero-order chi connectivity index (χ0) is 23.8. The minimum atomic E-state index is -1.69. The highest BCUT2D eigenvalue weighted by atomic mass is 35.5. The Morgan fingerprint density at radius 3 is 2.86 bits per heavy atom. The summed E-state index contributed by atoms with van der Waals surface area (Å²) >= 11 is 0. The third kappa shape index (κ3) is 4.63. The van der Waals surface area contributed by atoms with E-state index in [1.54, 1.807) is 36.4 Å². The Labute approximate surface area is 207 Å². The number of aliphatic hydroxyl groups excluding tert-OH is 1. The van der Waals surface area contributed by atoms with Gasteiger partial charge in [-0.05, 0) is 42.0 Å². The summed E-state index contributed by atoms with van der Waals surface area (Å²) in [6.07, 6.45) is -3.03. The lowest BCUT2D eigenvalue weighted by Gasteiger charge is -2.34. The van der Waals surface area contributed by atoms with Crippen LogP contribution in [0.4, 0.5) is 11.4 Å². The molecule has 2 aromatic carbocycles. The molecule has 1 fully saturated rings. The molecule has 0 unspecified atom stereocenters. The van der Waals surface area contributed by atoms with Crippen LogP contribution in [0.3, 0.4) is 0 Å². The molecule has 11 heteroatoms. The molecule has 2 aliphatic heterocycles. The number of nitrogens with one attached hydrogen (secondary N) is 1. The predicted octanol–water partition coefficient (Wildman–Crippen LogP) is 1.62. The number of aliphatic hydroxyl groups is 1. The number of methoxy groups -OCH3 is 1. The van der Waals surface area contributed by atoms with E-state index in [0.717, 1.165) is 16.5 Å². The maximum absolute atomic E-state index is 13.2. The average molecular weight is 498 g/mol. The first-order valence-electron chi connectivity index (χ1n) is 10.7. The molecule has 1 saturated heterocycles. The third-order valence-electron chi connectivity index (χ3n) is 5.92. The van der Waals surface area contributed by atoms with Crippen molar-refractivity contribution >= 4 is 52.3 Å². The quantitative estimate of drug-likeness (QED) is 0.486. The topological polar surface area (TPSA) is 139 Å². The maximum Gasteiger partial charge on any atom is 0.259 e. The van der Waals surface area contributed by atoms with Crippen LogP contribution >= 0.6 is 12.4 Å². The van der Waals surface area contributed by atoms with Crippen LogP contribution in [0.1, 0.15) is 11.1 Å². The molecular formula is C24H24ClN5O5. The van der Waals surface area contributed by atoms with Crippen LogP contribution in [-0.4, -0.2) is 60.2 Å². The lowest BCUT2D eigenvalue weighted by atomic mass is 10.1. The molecule has 1 aromatic heterocycles. The Morgan fingerprint density at radius 1 is 1.26 bits per heavy atom. The number of fused-ring (bicyclic) bond motifs is 2. The number of nitrogens with zero attached hydrogens (tertiary/aromatic N) is 3. The smallest absolute Gasteiger partial charge is 0.259 e. The normalized spacial score (nSPS) is 17.9. The highest BCUT2D eigenvalue weighted by molar-refractivity contribution is 6.05. The number of ether oxygens (including phenoxy) is 2. The molecular weight excluding hydrogens is 474 g/mol. The van der Waals surface area contributed by atoms with E-state index in [9.17, 15) is 14.7 Å². The van der Waals surface area contributed by atoms with Gasteiger partial charge in [-0.1, -0.05) is 6.07 Å². The number of amides is 2. The highest BCUT2D eigenvalue weighted by Gasteiger charge is 2.39. The fraction of sp³-hybridized carbons (Fsp3) is 0.250. The number of amidine groups is 1. The van der Waals surface area contributed by atoms with Gasteiger partial charge in [0.15, 0.2) is 12.2 Å². The lowest BCUT2D eigenvalue weighted by molar-refractivity contribution is -0.150. The first-order chi connectivity index (χ1) is 16.4. The Hall–Kier alpha value is -3.73. The van der Waals surface area contributed by atoms with Crippen molar-refractivity contribution in [3.8, 4) is 5.88 Å². The van der Waals surface area contributed by atoms with Gasteiger partial charge in [0.05, 0.1) is 25.8 Å². The van der Waals surface area contributed by atoms with E-state index in [1.165, 1.54) is 12.0 Å². The van der Waals surface area contributed by atoms with Gasteiger partial charge in [0.25, 0.3) is 11.8 Å². The second-order valence-electron chi connectivity index (χ2n) is 8.02. The van der Waals surface area contributed by atoms with Crippen LogP contribution in [0.5, 0.6) is 5.88 Å². The monoisotopic (exact) mass is 497 g/mol. The summed E-state index contributed by atoms with van der Waals surface area (Å²) in [7, 11) is 1.53. The van der Waals surface area contributed by atoms with Crippen molar-refractivity contribution in [1.29, 1.82) is 0 Å². The van der Waals surface area contributed by atoms with E-state index in [0.29, 0.717) is 35.2 Å². The number of nitrogens with two attached hydrogens (primary N) is 1. The molecule has 10 nitrogen and oxygen atoms in total. The molecule has 3 heterocycles. The van der Waals surface area contributed by atoms with Crippen molar-refractivity contribution in [3.63, 3.8) is 0 Å². The highest BCUT2D eigenvalue weighted by Crippen LogP contribution is 2.26. The van der Waals surface area contributed by atoms with Crippen molar-refractivity contribution < 1.29 is 24.2 Å². The van der Waals surface area contributed by atoms with Gasteiger partial charge in [-0.25, -0.2) is 4.98 Å². The number of hydrogen-bond acceptors (Lipinski definition) is 8. The average Bonchev–Trinajstić information content (AvgIpc) is 3.22. The van der Waals surface area contributed by atoms with Crippen LogP contribution in [0, 0.1) is 0 Å². The number of rotatable bonds is 5. The molecule has 0 saturated carbocycles. The summed E-state index contributed by atoms with van der Waals surface area (Å²) < 4.78 is 10.7. The van der Waals surface area contributed by atoms with Crippen LogP contribution in [-0.2, 0) is 20.9 Å². The van der Waals surface area contributed by atoms with Crippen molar-refractivity contribution in [1.82, 2.24) is 4.98 Å². The van der Waals surface area contributed by atoms with Gasteiger partial charge in [-0.2, -0.15) is 0 Å². The number of carbonyl (C=O) groups is 2. The number of aliphatic imine (C=N–C) groups is 1. The van der Waals surface area contributed by atoms with Gasteiger partial charge in [-0.3, -0.25) is 14.6 Å². The summed E-state index contributed by atoms with van der Waals surface area (Å²) in [6, 6.07) is 14.2. The summed E-state index contributed by atoms with van der Waals surface area (Å²) in [5, 5.41) is 14.2. The number of morpholine rings is 1. The van der Waals surface area contributed by atoms with Crippen LogP contribution in [0.15, 0.2) is 53.5 Å². The molecule has 2 amide bonds. The van der Waals surface area contributed by atoms with E-state index in [1.807, 2.05) is 12.1 Å². The molecule has 2 aliphatic rings. The summed E-state index contributed by atoms with van der Waals surface area (Å²) in [5.41, 5.74) is 9.24. The largest absolute Gasteiger partial charge is 0.481 e. The van der Waals surface area contributed by atoms with Crippen LogP contribution < -0.4 is 20.7 Å². The molecule has 0 aliphatic carbocycles. The third-order valence-corrected chi connectivity index (χ3v) is 5.92. The number of halogens is 1. The van der Waals surface area contributed by atoms with Crippen LogP contribution in [0.25, 0.3) is 10.9 Å². The Kier molecular flexibility index (Phi) is 6.88. The fourth-order valence-electron chi connectivity index (χ4n) is 4.12. The van der Waals surface area contributed by atoms with E-state index in [-0.39, 0.29) is 25.6 Å². The zero-order valence-electron chi connectivity index (χ0n) is 18.8. The molecule has 2 atom stereocenters. The Bertz CT molecular complexity index is 1330. The number of pyridine rings is 1. The van der Waals surface area contributed by atoms with Gasteiger partial charge >= 0.3 is 0 Å². The van der Waals surface area contributed by atoms with E-state index in [2.05, 4.69) is 15.3 Å². The van der Waals surface area contributed by atoms with Gasteiger partial charge in [0.1, 0.15) is 5.84 Å². The first kappa shape index (κ1) is 24.4.